The van der Waals surface area contributed by atoms with Gasteiger partial charge in [-0.25, -0.2) is 4.98 Å². The number of nitrogens with zero attached hydrogens (tertiary/aromatic N) is 1. The molecule has 0 amide bonds. The molecule has 0 aliphatic heterocycles. The smallest absolute Gasteiger partial charge is 0.0897 e. The monoisotopic (exact) mass is 216 g/mol. The zero-order valence-corrected chi connectivity index (χ0v) is 9.14. The third-order valence-corrected chi connectivity index (χ3v) is 2.54. The SMILES string of the molecule is Cc1ncc(CNCCOCCO)s1. The summed E-state index contributed by atoms with van der Waals surface area (Å²) in [5.41, 5.74) is 0. The van der Waals surface area contributed by atoms with E-state index < -0.39 is 0 Å². The van der Waals surface area contributed by atoms with Crippen LogP contribution < -0.4 is 5.32 Å². The topological polar surface area (TPSA) is 54.4 Å². The van der Waals surface area contributed by atoms with Crippen molar-refractivity contribution in [2.75, 3.05) is 26.4 Å². The number of rotatable bonds is 7. The molecular weight excluding hydrogens is 200 g/mol. The first kappa shape index (κ1) is 11.6. The summed E-state index contributed by atoms with van der Waals surface area (Å²) in [5, 5.41) is 12.8. The number of aromatic nitrogens is 1. The molecule has 1 rings (SSSR count). The number of hydrogen-bond donors (Lipinski definition) is 2. The van der Waals surface area contributed by atoms with Crippen LogP contribution in [0, 0.1) is 6.92 Å². The highest BCUT2D eigenvalue weighted by Crippen LogP contribution is 2.10. The highest BCUT2D eigenvalue weighted by Gasteiger charge is 1.96. The van der Waals surface area contributed by atoms with Gasteiger partial charge in [0, 0.05) is 24.2 Å². The summed E-state index contributed by atoms with van der Waals surface area (Å²) in [6, 6.07) is 0. The molecule has 0 radical (unpaired) electrons. The molecule has 0 saturated carbocycles. The predicted octanol–water partition coefficient (Wildman–Crippen LogP) is 0.550. The molecule has 0 aromatic carbocycles. The van der Waals surface area contributed by atoms with E-state index in [9.17, 15) is 0 Å². The number of aryl methyl sites for hydroxylation is 1. The van der Waals surface area contributed by atoms with Gasteiger partial charge in [-0.1, -0.05) is 0 Å². The molecule has 0 saturated heterocycles. The summed E-state index contributed by atoms with van der Waals surface area (Å²) in [6.45, 7) is 4.79. The van der Waals surface area contributed by atoms with Gasteiger partial charge in [-0.3, -0.25) is 0 Å². The second-order valence-electron chi connectivity index (χ2n) is 2.86. The Labute approximate surface area is 87.9 Å². The first-order valence-electron chi connectivity index (χ1n) is 4.63. The van der Waals surface area contributed by atoms with E-state index in [0.29, 0.717) is 13.2 Å². The highest BCUT2D eigenvalue weighted by molar-refractivity contribution is 7.11. The second kappa shape index (κ2) is 6.89. The first-order valence-corrected chi connectivity index (χ1v) is 5.45. The average molecular weight is 216 g/mol. The van der Waals surface area contributed by atoms with Crippen molar-refractivity contribution in [3.05, 3.63) is 16.1 Å². The lowest BCUT2D eigenvalue weighted by Crippen LogP contribution is -2.19. The fourth-order valence-electron chi connectivity index (χ4n) is 1.01. The molecule has 14 heavy (non-hydrogen) atoms. The van der Waals surface area contributed by atoms with Crippen LogP contribution in [0.1, 0.15) is 9.88 Å². The summed E-state index contributed by atoms with van der Waals surface area (Å²) in [5.74, 6) is 0. The maximum atomic E-state index is 8.45. The van der Waals surface area contributed by atoms with Crippen molar-refractivity contribution in [3.8, 4) is 0 Å². The molecule has 1 aromatic rings. The van der Waals surface area contributed by atoms with Gasteiger partial charge in [-0.2, -0.15) is 0 Å². The Kier molecular flexibility index (Phi) is 5.70. The number of nitrogens with one attached hydrogen (secondary N) is 1. The number of thiazole rings is 1. The Hall–Kier alpha value is -0.490. The Morgan fingerprint density at radius 2 is 2.43 bits per heavy atom. The van der Waals surface area contributed by atoms with E-state index in [2.05, 4.69) is 10.3 Å². The van der Waals surface area contributed by atoms with Gasteiger partial charge >= 0.3 is 0 Å². The Balaban J connectivity index is 1.99. The quantitative estimate of drug-likeness (QED) is 0.654. The largest absolute Gasteiger partial charge is 0.394 e. The summed E-state index contributed by atoms with van der Waals surface area (Å²) in [6.07, 6.45) is 1.89. The lowest BCUT2D eigenvalue weighted by molar-refractivity contribution is 0.0938. The number of ether oxygens (including phenoxy) is 1. The van der Waals surface area contributed by atoms with E-state index in [0.717, 1.165) is 18.1 Å². The maximum absolute atomic E-state index is 8.45. The fraction of sp³-hybridized carbons (Fsp3) is 0.667. The summed E-state index contributed by atoms with van der Waals surface area (Å²) < 4.78 is 5.10. The minimum absolute atomic E-state index is 0.0913. The average Bonchev–Trinajstić information content (AvgIpc) is 2.58. The van der Waals surface area contributed by atoms with Crippen molar-refractivity contribution in [1.29, 1.82) is 0 Å². The molecule has 0 unspecified atom stereocenters. The summed E-state index contributed by atoms with van der Waals surface area (Å²) >= 11 is 1.70. The van der Waals surface area contributed by atoms with Crippen LogP contribution in [0.4, 0.5) is 0 Å². The molecule has 2 N–H and O–H groups in total. The van der Waals surface area contributed by atoms with Crippen molar-refractivity contribution < 1.29 is 9.84 Å². The Morgan fingerprint density at radius 3 is 3.07 bits per heavy atom. The molecule has 1 heterocycles. The van der Waals surface area contributed by atoms with Crippen LogP contribution in [-0.2, 0) is 11.3 Å². The fourth-order valence-corrected chi connectivity index (χ4v) is 1.77. The van der Waals surface area contributed by atoms with Crippen molar-refractivity contribution >= 4 is 11.3 Å². The van der Waals surface area contributed by atoms with Crippen molar-refractivity contribution in [3.63, 3.8) is 0 Å². The van der Waals surface area contributed by atoms with Gasteiger partial charge in [-0.15, -0.1) is 11.3 Å². The molecule has 0 aliphatic carbocycles. The van der Waals surface area contributed by atoms with E-state index in [-0.39, 0.29) is 6.61 Å². The number of aliphatic hydroxyl groups is 1. The van der Waals surface area contributed by atoms with E-state index in [1.165, 1.54) is 4.88 Å². The van der Waals surface area contributed by atoms with Crippen molar-refractivity contribution in [1.82, 2.24) is 10.3 Å². The molecule has 0 fully saturated rings. The van der Waals surface area contributed by atoms with Crippen LogP contribution in [0.5, 0.6) is 0 Å². The van der Waals surface area contributed by atoms with E-state index in [1.807, 2.05) is 13.1 Å². The minimum Gasteiger partial charge on any atom is -0.394 e. The molecule has 0 bridgehead atoms. The second-order valence-corrected chi connectivity index (χ2v) is 4.18. The molecule has 0 aliphatic rings. The van der Waals surface area contributed by atoms with E-state index in [1.54, 1.807) is 11.3 Å². The molecular formula is C9H16N2O2S. The van der Waals surface area contributed by atoms with Crippen LogP contribution in [0.15, 0.2) is 6.20 Å². The molecule has 5 heteroatoms. The molecule has 0 atom stereocenters. The van der Waals surface area contributed by atoms with Gasteiger partial charge in [0.15, 0.2) is 0 Å². The van der Waals surface area contributed by atoms with Gasteiger partial charge in [0.2, 0.25) is 0 Å². The van der Waals surface area contributed by atoms with Gasteiger partial charge in [0.25, 0.3) is 0 Å². The normalized spacial score (nSPS) is 10.7. The van der Waals surface area contributed by atoms with Gasteiger partial charge < -0.3 is 15.2 Å². The van der Waals surface area contributed by atoms with Crippen LogP contribution in [0.2, 0.25) is 0 Å². The number of aliphatic hydroxyl groups excluding tert-OH is 1. The van der Waals surface area contributed by atoms with Gasteiger partial charge in [-0.05, 0) is 6.92 Å². The first-order chi connectivity index (χ1) is 6.83. The predicted molar refractivity (Wildman–Crippen MR) is 56.5 cm³/mol. The molecule has 4 nitrogen and oxygen atoms in total. The number of hydrogen-bond acceptors (Lipinski definition) is 5. The third-order valence-electron chi connectivity index (χ3n) is 1.63. The Bertz CT molecular complexity index is 253. The van der Waals surface area contributed by atoms with Crippen LogP contribution in [0.25, 0.3) is 0 Å². The maximum Gasteiger partial charge on any atom is 0.0897 e. The zero-order valence-electron chi connectivity index (χ0n) is 8.32. The molecule has 0 spiro atoms. The van der Waals surface area contributed by atoms with Crippen molar-refractivity contribution in [2.45, 2.75) is 13.5 Å². The van der Waals surface area contributed by atoms with Crippen molar-refractivity contribution in [2.24, 2.45) is 0 Å². The van der Waals surface area contributed by atoms with Gasteiger partial charge in [0.05, 0.1) is 24.8 Å². The lowest BCUT2D eigenvalue weighted by atomic mass is 10.5. The summed E-state index contributed by atoms with van der Waals surface area (Å²) in [7, 11) is 0. The summed E-state index contributed by atoms with van der Waals surface area (Å²) in [4.78, 5) is 5.40. The standard InChI is InChI=1S/C9H16N2O2S/c1-8-11-7-9(14-8)6-10-2-4-13-5-3-12/h7,10,12H,2-6H2,1H3. The lowest BCUT2D eigenvalue weighted by Gasteiger charge is -2.02. The minimum atomic E-state index is 0.0913. The molecule has 80 valence electrons. The van der Waals surface area contributed by atoms with Crippen LogP contribution >= 0.6 is 11.3 Å². The van der Waals surface area contributed by atoms with Crippen LogP contribution in [-0.4, -0.2) is 36.5 Å². The van der Waals surface area contributed by atoms with Crippen LogP contribution in [0.3, 0.4) is 0 Å². The van der Waals surface area contributed by atoms with Gasteiger partial charge in [0.1, 0.15) is 0 Å². The third kappa shape index (κ3) is 4.66. The highest BCUT2D eigenvalue weighted by atomic mass is 32.1. The zero-order chi connectivity index (χ0) is 10.2. The van der Waals surface area contributed by atoms with E-state index in [4.69, 9.17) is 9.84 Å². The Morgan fingerprint density at radius 1 is 1.57 bits per heavy atom. The molecule has 1 aromatic heterocycles. The van der Waals surface area contributed by atoms with E-state index >= 15 is 0 Å².